The summed E-state index contributed by atoms with van der Waals surface area (Å²) in [5, 5.41) is 0. The summed E-state index contributed by atoms with van der Waals surface area (Å²) in [6.45, 7) is 3.97. The molecule has 0 atom stereocenters. The first-order valence-electron chi connectivity index (χ1n) is 2.63. The van der Waals surface area contributed by atoms with Crippen LogP contribution in [-0.4, -0.2) is 11.6 Å². The van der Waals surface area contributed by atoms with Crippen LogP contribution in [0.3, 0.4) is 0 Å². The zero-order valence-corrected chi connectivity index (χ0v) is 7.38. The van der Waals surface area contributed by atoms with Crippen molar-refractivity contribution in [2.45, 2.75) is 13.8 Å². The maximum atomic E-state index is 5.61. The lowest BCUT2D eigenvalue weighted by Gasteiger charge is -1.93. The van der Waals surface area contributed by atoms with Gasteiger partial charge in [0.25, 0.3) is 0 Å². The minimum Gasteiger partial charge on any atom is -0.270 e. The number of thioether (sulfide) groups is 1. The second-order valence-electron chi connectivity index (χ2n) is 1.48. The average molecular weight is 164 g/mol. The van der Waals surface area contributed by atoms with Gasteiger partial charge in [0.1, 0.15) is 0 Å². The summed E-state index contributed by atoms with van der Waals surface area (Å²) in [5.74, 6) is 0. The number of halogens is 1. The highest BCUT2D eigenvalue weighted by atomic mass is 35.5. The van der Waals surface area contributed by atoms with Gasteiger partial charge in [0.2, 0.25) is 0 Å². The molecule has 0 saturated heterocycles. The van der Waals surface area contributed by atoms with Gasteiger partial charge < -0.3 is 0 Å². The Kier molecular flexibility index (Phi) is 4.91. The third-order valence-corrected chi connectivity index (χ3v) is 2.14. The molecule has 0 spiro atoms. The summed E-state index contributed by atoms with van der Waals surface area (Å²) >= 11 is 7.09. The average Bonchev–Trinajstić information content (AvgIpc) is 1.87. The van der Waals surface area contributed by atoms with Crippen molar-refractivity contribution in [1.82, 2.24) is 0 Å². The second kappa shape index (κ2) is 4.89. The topological polar surface area (TPSA) is 12.4 Å². The van der Waals surface area contributed by atoms with E-state index in [-0.39, 0.29) is 0 Å². The molecule has 1 nitrogen and oxygen atoms in total. The highest BCUT2D eigenvalue weighted by molar-refractivity contribution is 8.19. The molecule has 0 amide bonds. The Morgan fingerprint density at radius 1 is 1.67 bits per heavy atom. The van der Waals surface area contributed by atoms with Crippen LogP contribution in [0.1, 0.15) is 13.8 Å². The molecule has 3 heteroatoms. The summed E-state index contributed by atoms with van der Waals surface area (Å²) in [4.78, 5) is 4.95. The number of aliphatic imine (C=N–C) groups is 1. The SMILES string of the molecule is C/C=C(/C)S/C(Cl)=N\C. The molecular weight excluding hydrogens is 154 g/mol. The lowest BCUT2D eigenvalue weighted by Crippen LogP contribution is -1.76. The second-order valence-corrected chi connectivity index (χ2v) is 3.29. The highest BCUT2D eigenvalue weighted by Crippen LogP contribution is 2.18. The van der Waals surface area contributed by atoms with Crippen LogP contribution in [0.15, 0.2) is 16.0 Å². The monoisotopic (exact) mass is 163 g/mol. The largest absolute Gasteiger partial charge is 0.270 e. The molecule has 52 valence electrons. The fraction of sp³-hybridized carbons (Fsp3) is 0.500. The number of hydrogen-bond donors (Lipinski definition) is 0. The first kappa shape index (κ1) is 9.05. The molecule has 0 radical (unpaired) electrons. The third-order valence-electron chi connectivity index (χ3n) is 0.828. The van der Waals surface area contributed by atoms with Gasteiger partial charge in [-0.3, -0.25) is 4.99 Å². The minimum absolute atomic E-state index is 0.589. The minimum atomic E-state index is 0.589. The molecule has 0 heterocycles. The van der Waals surface area contributed by atoms with Crippen molar-refractivity contribution in [2.24, 2.45) is 4.99 Å². The lowest BCUT2D eigenvalue weighted by molar-refractivity contribution is 1.48. The maximum Gasteiger partial charge on any atom is 0.162 e. The molecule has 0 unspecified atom stereocenters. The predicted octanol–water partition coefficient (Wildman–Crippen LogP) is 2.87. The summed E-state index contributed by atoms with van der Waals surface area (Å²) < 4.78 is 0.589. The Balaban J connectivity index is 3.75. The normalized spacial score (nSPS) is 14.2. The molecule has 0 rings (SSSR count). The summed E-state index contributed by atoms with van der Waals surface area (Å²) in [5.41, 5.74) is 0. The lowest BCUT2D eigenvalue weighted by atomic mass is 10.6. The van der Waals surface area contributed by atoms with Crippen molar-refractivity contribution in [3.8, 4) is 0 Å². The van der Waals surface area contributed by atoms with E-state index in [2.05, 4.69) is 4.99 Å². The Labute approximate surface area is 65.2 Å². The van der Waals surface area contributed by atoms with Gasteiger partial charge in [-0.05, 0) is 18.8 Å². The van der Waals surface area contributed by atoms with Gasteiger partial charge in [0.15, 0.2) is 4.50 Å². The number of allylic oxidation sites excluding steroid dienone is 2. The van der Waals surface area contributed by atoms with Crippen molar-refractivity contribution >= 4 is 27.9 Å². The van der Waals surface area contributed by atoms with Crippen LogP contribution < -0.4 is 0 Å². The molecule has 0 saturated carbocycles. The molecule has 0 aromatic carbocycles. The zero-order valence-electron chi connectivity index (χ0n) is 5.81. The number of hydrogen-bond acceptors (Lipinski definition) is 2. The van der Waals surface area contributed by atoms with E-state index in [0.29, 0.717) is 4.50 Å². The Morgan fingerprint density at radius 3 is 2.56 bits per heavy atom. The smallest absolute Gasteiger partial charge is 0.162 e. The summed E-state index contributed by atoms with van der Waals surface area (Å²) in [7, 11) is 1.68. The van der Waals surface area contributed by atoms with Crippen molar-refractivity contribution in [3.63, 3.8) is 0 Å². The predicted molar refractivity (Wildman–Crippen MR) is 46.2 cm³/mol. The van der Waals surface area contributed by atoms with E-state index in [1.807, 2.05) is 19.9 Å². The fourth-order valence-corrected chi connectivity index (χ4v) is 1.08. The van der Waals surface area contributed by atoms with E-state index in [1.54, 1.807) is 7.05 Å². The standard InChI is InChI=1S/C6H10ClNS/c1-4-5(2)9-6(7)8-3/h4H,1-3H3/b5-4-,8-6-. The molecule has 0 aromatic rings. The van der Waals surface area contributed by atoms with Crippen molar-refractivity contribution in [3.05, 3.63) is 11.0 Å². The molecular formula is C6H10ClNS. The number of rotatable bonds is 1. The van der Waals surface area contributed by atoms with Crippen LogP contribution in [-0.2, 0) is 0 Å². The Bertz CT molecular complexity index is 124. The molecule has 0 fully saturated rings. The van der Waals surface area contributed by atoms with E-state index >= 15 is 0 Å². The van der Waals surface area contributed by atoms with E-state index < -0.39 is 0 Å². The van der Waals surface area contributed by atoms with E-state index in [1.165, 1.54) is 16.7 Å². The Hall–Kier alpha value is 0.0500. The van der Waals surface area contributed by atoms with Gasteiger partial charge in [-0.25, -0.2) is 0 Å². The molecule has 0 aromatic heterocycles. The summed E-state index contributed by atoms with van der Waals surface area (Å²) in [6, 6.07) is 0. The van der Waals surface area contributed by atoms with Crippen LogP contribution in [0.4, 0.5) is 0 Å². The molecule has 0 aliphatic rings. The molecule has 9 heavy (non-hydrogen) atoms. The molecule has 0 aliphatic carbocycles. The number of nitrogens with zero attached hydrogens (tertiary/aromatic N) is 1. The zero-order chi connectivity index (χ0) is 7.28. The van der Waals surface area contributed by atoms with E-state index in [0.717, 1.165) is 0 Å². The first-order valence-corrected chi connectivity index (χ1v) is 3.83. The van der Waals surface area contributed by atoms with Crippen molar-refractivity contribution in [2.75, 3.05) is 7.05 Å². The van der Waals surface area contributed by atoms with Gasteiger partial charge in [-0.2, -0.15) is 0 Å². The van der Waals surface area contributed by atoms with Gasteiger partial charge in [-0.1, -0.05) is 29.4 Å². The van der Waals surface area contributed by atoms with Crippen LogP contribution in [0, 0.1) is 0 Å². The van der Waals surface area contributed by atoms with Crippen LogP contribution >= 0.6 is 23.4 Å². The van der Waals surface area contributed by atoms with E-state index in [4.69, 9.17) is 11.6 Å². The van der Waals surface area contributed by atoms with Crippen LogP contribution in [0.2, 0.25) is 0 Å². The van der Waals surface area contributed by atoms with Crippen molar-refractivity contribution in [1.29, 1.82) is 0 Å². The van der Waals surface area contributed by atoms with Gasteiger partial charge in [0.05, 0.1) is 0 Å². The summed E-state index contributed by atoms with van der Waals surface area (Å²) in [6.07, 6.45) is 2.00. The maximum absolute atomic E-state index is 5.61. The van der Waals surface area contributed by atoms with Crippen molar-refractivity contribution < 1.29 is 0 Å². The van der Waals surface area contributed by atoms with Gasteiger partial charge in [-0.15, -0.1) is 0 Å². The quantitative estimate of drug-likeness (QED) is 0.428. The van der Waals surface area contributed by atoms with Crippen LogP contribution in [0.25, 0.3) is 0 Å². The fourth-order valence-electron chi connectivity index (χ4n) is 0.237. The highest BCUT2D eigenvalue weighted by Gasteiger charge is 1.92. The first-order chi connectivity index (χ1) is 4.20. The van der Waals surface area contributed by atoms with E-state index in [9.17, 15) is 0 Å². The molecule has 0 bridgehead atoms. The third kappa shape index (κ3) is 4.55. The van der Waals surface area contributed by atoms with Crippen LogP contribution in [0.5, 0.6) is 0 Å². The molecule has 0 N–H and O–H groups in total. The van der Waals surface area contributed by atoms with Gasteiger partial charge in [0, 0.05) is 7.05 Å². The Morgan fingerprint density at radius 2 is 2.22 bits per heavy atom. The molecule has 0 aliphatic heterocycles. The van der Waals surface area contributed by atoms with Gasteiger partial charge >= 0.3 is 0 Å².